The molecule has 1 aromatic heterocycles. The van der Waals surface area contributed by atoms with Crippen LogP contribution in [0, 0.1) is 0 Å². The first-order chi connectivity index (χ1) is 15.8. The standard InChI is InChI=1S/C27H24N2O3/c1-30-22-9-6-10-23(18-22)32-19-27-28-25-11-4-5-12-26(25)29(27)15-16-31-24-14-13-20-7-2-3-8-21(20)17-24/h2-14,17-18H,15-16,19H2,1H3. The Balaban J connectivity index is 1.32. The molecule has 5 rings (SSSR count). The Labute approximate surface area is 186 Å². The molecule has 0 aliphatic heterocycles. The molecular weight excluding hydrogens is 400 g/mol. The van der Waals surface area contributed by atoms with Crippen molar-refractivity contribution in [1.82, 2.24) is 9.55 Å². The highest BCUT2D eigenvalue weighted by molar-refractivity contribution is 5.83. The first-order valence-corrected chi connectivity index (χ1v) is 10.6. The number of ether oxygens (including phenoxy) is 3. The number of aromatic nitrogens is 2. The molecule has 0 fully saturated rings. The summed E-state index contributed by atoms with van der Waals surface area (Å²) in [5, 5.41) is 2.38. The number of benzene rings is 4. The van der Waals surface area contributed by atoms with Crippen molar-refractivity contribution in [3.8, 4) is 17.2 Å². The summed E-state index contributed by atoms with van der Waals surface area (Å²) >= 11 is 0. The van der Waals surface area contributed by atoms with Crippen molar-refractivity contribution >= 4 is 21.8 Å². The first-order valence-electron chi connectivity index (χ1n) is 10.6. The van der Waals surface area contributed by atoms with Gasteiger partial charge in [0.15, 0.2) is 0 Å². The fourth-order valence-electron chi connectivity index (χ4n) is 3.84. The summed E-state index contributed by atoms with van der Waals surface area (Å²) in [6, 6.07) is 30.2. The molecule has 0 bridgehead atoms. The van der Waals surface area contributed by atoms with E-state index in [1.165, 1.54) is 10.8 Å². The van der Waals surface area contributed by atoms with Crippen LogP contribution in [0.2, 0.25) is 0 Å². The van der Waals surface area contributed by atoms with Crippen LogP contribution in [-0.4, -0.2) is 23.3 Å². The van der Waals surface area contributed by atoms with E-state index in [0.29, 0.717) is 19.8 Å². The Morgan fingerprint density at radius 3 is 2.41 bits per heavy atom. The second kappa shape index (κ2) is 9.02. The lowest BCUT2D eigenvalue weighted by molar-refractivity contribution is 0.271. The molecule has 0 aliphatic carbocycles. The Bertz CT molecular complexity index is 1360. The zero-order chi connectivity index (χ0) is 21.8. The third-order valence-electron chi connectivity index (χ3n) is 5.45. The van der Waals surface area contributed by atoms with Gasteiger partial charge >= 0.3 is 0 Å². The third-order valence-corrected chi connectivity index (χ3v) is 5.45. The van der Waals surface area contributed by atoms with Crippen LogP contribution >= 0.6 is 0 Å². The Kier molecular flexibility index (Phi) is 5.62. The topological polar surface area (TPSA) is 45.5 Å². The zero-order valence-corrected chi connectivity index (χ0v) is 17.9. The summed E-state index contributed by atoms with van der Waals surface area (Å²) in [5.74, 6) is 3.23. The molecule has 0 saturated heterocycles. The molecule has 0 aliphatic rings. The van der Waals surface area contributed by atoms with Crippen LogP contribution in [0.5, 0.6) is 17.2 Å². The van der Waals surface area contributed by atoms with Crippen molar-refractivity contribution in [3.05, 3.63) is 96.8 Å². The van der Waals surface area contributed by atoms with Gasteiger partial charge in [-0.3, -0.25) is 0 Å². The van der Waals surface area contributed by atoms with Crippen LogP contribution in [0.1, 0.15) is 5.82 Å². The number of methoxy groups -OCH3 is 1. The van der Waals surface area contributed by atoms with E-state index in [2.05, 4.69) is 34.9 Å². The lowest BCUT2D eigenvalue weighted by Gasteiger charge is -2.12. The maximum Gasteiger partial charge on any atom is 0.148 e. The predicted octanol–water partition coefficient (Wildman–Crippen LogP) is 5.86. The number of imidazole rings is 1. The minimum absolute atomic E-state index is 0.359. The number of nitrogens with zero attached hydrogens (tertiary/aromatic N) is 2. The normalized spacial score (nSPS) is 11.0. The van der Waals surface area contributed by atoms with Crippen molar-refractivity contribution in [2.75, 3.05) is 13.7 Å². The van der Waals surface area contributed by atoms with Crippen LogP contribution in [0.15, 0.2) is 91.0 Å². The summed E-state index contributed by atoms with van der Waals surface area (Å²) in [6.45, 7) is 1.56. The number of fused-ring (bicyclic) bond motifs is 2. The summed E-state index contributed by atoms with van der Waals surface area (Å²) in [6.07, 6.45) is 0. The number of rotatable bonds is 8. The number of para-hydroxylation sites is 2. The highest BCUT2D eigenvalue weighted by Gasteiger charge is 2.12. The molecule has 0 amide bonds. The van der Waals surface area contributed by atoms with E-state index in [-0.39, 0.29) is 0 Å². The highest BCUT2D eigenvalue weighted by Crippen LogP contribution is 2.23. The largest absolute Gasteiger partial charge is 0.497 e. The molecule has 1 heterocycles. The third kappa shape index (κ3) is 4.23. The van der Waals surface area contributed by atoms with Crippen LogP contribution in [0.4, 0.5) is 0 Å². The van der Waals surface area contributed by atoms with E-state index in [4.69, 9.17) is 19.2 Å². The molecular formula is C27H24N2O3. The van der Waals surface area contributed by atoms with E-state index in [9.17, 15) is 0 Å². The van der Waals surface area contributed by atoms with Gasteiger partial charge in [0.25, 0.3) is 0 Å². The van der Waals surface area contributed by atoms with Gasteiger partial charge in [0.2, 0.25) is 0 Å². The Morgan fingerprint density at radius 1 is 0.719 bits per heavy atom. The Morgan fingerprint density at radius 2 is 1.50 bits per heavy atom. The van der Waals surface area contributed by atoms with Gasteiger partial charge in [-0.1, -0.05) is 48.5 Å². The van der Waals surface area contributed by atoms with E-state index in [1.54, 1.807) is 7.11 Å². The van der Waals surface area contributed by atoms with E-state index in [1.807, 2.05) is 60.7 Å². The fraction of sp³-hybridized carbons (Fsp3) is 0.148. The lowest BCUT2D eigenvalue weighted by Crippen LogP contribution is -2.13. The first kappa shape index (κ1) is 19.9. The van der Waals surface area contributed by atoms with Crippen LogP contribution < -0.4 is 14.2 Å². The quantitative estimate of drug-likeness (QED) is 0.313. The zero-order valence-electron chi connectivity index (χ0n) is 17.9. The summed E-state index contributed by atoms with van der Waals surface area (Å²) in [5.41, 5.74) is 2.02. The van der Waals surface area contributed by atoms with Crippen LogP contribution in [-0.2, 0) is 13.2 Å². The molecule has 160 valence electrons. The van der Waals surface area contributed by atoms with Gasteiger partial charge in [0.05, 0.1) is 24.7 Å². The number of hydrogen-bond acceptors (Lipinski definition) is 4. The van der Waals surface area contributed by atoms with Crippen molar-refractivity contribution in [3.63, 3.8) is 0 Å². The molecule has 32 heavy (non-hydrogen) atoms. The second-order valence-electron chi connectivity index (χ2n) is 7.49. The van der Waals surface area contributed by atoms with Gasteiger partial charge < -0.3 is 18.8 Å². The summed E-state index contributed by atoms with van der Waals surface area (Å²) in [7, 11) is 1.65. The molecule has 0 atom stereocenters. The van der Waals surface area contributed by atoms with Crippen molar-refractivity contribution in [1.29, 1.82) is 0 Å². The van der Waals surface area contributed by atoms with E-state index >= 15 is 0 Å². The lowest BCUT2D eigenvalue weighted by atomic mass is 10.1. The van der Waals surface area contributed by atoms with Crippen molar-refractivity contribution in [2.24, 2.45) is 0 Å². The van der Waals surface area contributed by atoms with Gasteiger partial charge in [-0.2, -0.15) is 0 Å². The minimum atomic E-state index is 0.359. The van der Waals surface area contributed by atoms with Gasteiger partial charge in [-0.05, 0) is 47.2 Å². The van der Waals surface area contributed by atoms with Crippen molar-refractivity contribution < 1.29 is 14.2 Å². The maximum atomic E-state index is 6.08. The maximum absolute atomic E-state index is 6.08. The van der Waals surface area contributed by atoms with Crippen molar-refractivity contribution in [2.45, 2.75) is 13.2 Å². The van der Waals surface area contributed by atoms with Crippen LogP contribution in [0.25, 0.3) is 21.8 Å². The number of hydrogen-bond donors (Lipinski definition) is 0. The van der Waals surface area contributed by atoms with Gasteiger partial charge in [0.1, 0.15) is 36.3 Å². The van der Waals surface area contributed by atoms with Crippen LogP contribution in [0.3, 0.4) is 0 Å². The smallest absolute Gasteiger partial charge is 0.148 e. The summed E-state index contributed by atoms with van der Waals surface area (Å²) in [4.78, 5) is 4.79. The highest BCUT2D eigenvalue weighted by atomic mass is 16.5. The molecule has 0 spiro atoms. The average Bonchev–Trinajstić information content (AvgIpc) is 3.20. The van der Waals surface area contributed by atoms with Gasteiger partial charge in [-0.25, -0.2) is 4.98 Å². The molecule has 5 heteroatoms. The molecule has 4 aromatic carbocycles. The predicted molar refractivity (Wildman–Crippen MR) is 127 cm³/mol. The molecule has 0 radical (unpaired) electrons. The SMILES string of the molecule is COc1cccc(OCc2nc3ccccc3n2CCOc2ccc3ccccc3c2)c1. The second-order valence-corrected chi connectivity index (χ2v) is 7.49. The molecule has 5 nitrogen and oxygen atoms in total. The van der Waals surface area contributed by atoms with E-state index in [0.717, 1.165) is 34.1 Å². The molecule has 5 aromatic rings. The average molecular weight is 425 g/mol. The summed E-state index contributed by atoms with van der Waals surface area (Å²) < 4.78 is 19.5. The monoisotopic (exact) mass is 424 g/mol. The van der Waals surface area contributed by atoms with Gasteiger partial charge in [0, 0.05) is 6.07 Å². The van der Waals surface area contributed by atoms with Gasteiger partial charge in [-0.15, -0.1) is 0 Å². The molecule has 0 saturated carbocycles. The van der Waals surface area contributed by atoms with E-state index < -0.39 is 0 Å². The molecule has 0 unspecified atom stereocenters. The minimum Gasteiger partial charge on any atom is -0.497 e. The Hall–Kier alpha value is -3.99. The fourth-order valence-corrected chi connectivity index (χ4v) is 3.84. The molecule has 0 N–H and O–H groups in total.